The average Bonchev–Trinajstić information content (AvgIpc) is 2.72. The van der Waals surface area contributed by atoms with E-state index in [2.05, 4.69) is 16.9 Å². The van der Waals surface area contributed by atoms with E-state index in [0.717, 1.165) is 25.8 Å². The van der Waals surface area contributed by atoms with Crippen LogP contribution in [0.1, 0.15) is 31.7 Å². The lowest BCUT2D eigenvalue weighted by Gasteiger charge is -2.12. The van der Waals surface area contributed by atoms with E-state index in [4.69, 9.17) is 5.73 Å². The molecule has 0 aliphatic carbocycles. The second-order valence-corrected chi connectivity index (χ2v) is 3.95. The summed E-state index contributed by atoms with van der Waals surface area (Å²) in [5, 5.41) is 0. The van der Waals surface area contributed by atoms with Gasteiger partial charge in [-0.15, -0.1) is 0 Å². The van der Waals surface area contributed by atoms with Gasteiger partial charge in [0.15, 0.2) is 0 Å². The second kappa shape index (κ2) is 4.47. The number of nitrogens with two attached hydrogens (primary N) is 1. The van der Waals surface area contributed by atoms with Gasteiger partial charge in [0.1, 0.15) is 5.82 Å². The Bertz CT molecular complexity index is 476. The molecule has 0 bridgehead atoms. The molecule has 0 saturated heterocycles. The van der Waals surface area contributed by atoms with Gasteiger partial charge >= 0.3 is 0 Å². The topological polar surface area (TPSA) is 73.3 Å². The van der Waals surface area contributed by atoms with Gasteiger partial charge in [0, 0.05) is 19.2 Å². The molecule has 1 aliphatic heterocycles. The Morgan fingerprint density at radius 1 is 1.50 bits per heavy atom. The Hall–Kier alpha value is -1.65. The summed E-state index contributed by atoms with van der Waals surface area (Å²) in [6.07, 6.45) is 5.65. The van der Waals surface area contributed by atoms with Gasteiger partial charge in [-0.3, -0.25) is 9.36 Å². The van der Waals surface area contributed by atoms with Crippen LogP contribution in [0.3, 0.4) is 0 Å². The number of unbranched alkanes of at least 4 members (excludes halogenated alkanes) is 2. The van der Waals surface area contributed by atoms with Crippen molar-refractivity contribution in [1.29, 1.82) is 0 Å². The maximum Gasteiger partial charge on any atom is 0.280 e. The van der Waals surface area contributed by atoms with Crippen molar-refractivity contribution in [3.05, 3.63) is 15.9 Å². The summed E-state index contributed by atoms with van der Waals surface area (Å²) in [4.78, 5) is 19.6. The Morgan fingerprint density at radius 3 is 3.06 bits per heavy atom. The molecule has 1 aliphatic rings. The second-order valence-electron chi connectivity index (χ2n) is 3.95. The molecule has 86 valence electrons. The zero-order valence-corrected chi connectivity index (χ0v) is 9.44. The minimum absolute atomic E-state index is 0.239. The lowest BCUT2D eigenvalue weighted by molar-refractivity contribution is 0.600. The van der Waals surface area contributed by atoms with Gasteiger partial charge in [-0.2, -0.15) is 4.98 Å². The van der Waals surface area contributed by atoms with Crippen molar-refractivity contribution in [2.75, 3.05) is 5.73 Å². The van der Waals surface area contributed by atoms with Crippen LogP contribution in [-0.2, 0) is 13.0 Å². The maximum absolute atomic E-state index is 11.5. The number of rotatable bonds is 4. The van der Waals surface area contributed by atoms with Crippen molar-refractivity contribution in [2.24, 2.45) is 4.99 Å². The summed E-state index contributed by atoms with van der Waals surface area (Å²) in [6.45, 7) is 2.93. The van der Waals surface area contributed by atoms with Gasteiger partial charge in [-0.05, 0) is 6.42 Å². The first-order valence-electron chi connectivity index (χ1n) is 5.65. The summed E-state index contributed by atoms with van der Waals surface area (Å²) in [6, 6.07) is 0. The molecule has 1 aromatic heterocycles. The van der Waals surface area contributed by atoms with E-state index >= 15 is 0 Å². The van der Waals surface area contributed by atoms with Crippen molar-refractivity contribution in [3.8, 4) is 0 Å². The number of fused-ring (bicyclic) bond motifs is 1. The van der Waals surface area contributed by atoms with Crippen molar-refractivity contribution in [1.82, 2.24) is 9.55 Å². The third-order valence-electron chi connectivity index (χ3n) is 2.77. The smallest absolute Gasteiger partial charge is 0.280 e. The molecule has 1 aromatic rings. The van der Waals surface area contributed by atoms with Gasteiger partial charge in [0.25, 0.3) is 5.56 Å². The third-order valence-corrected chi connectivity index (χ3v) is 2.77. The number of hydrogen-bond donors (Lipinski definition) is 1. The molecule has 2 heterocycles. The van der Waals surface area contributed by atoms with E-state index in [-0.39, 0.29) is 11.5 Å². The number of anilines is 1. The SMILES string of the molecule is CCCCCn1c(N)nc(=O)c2c1N=CC2. The number of aliphatic imine (C=N–C) groups is 1. The monoisotopic (exact) mass is 220 g/mol. The van der Waals surface area contributed by atoms with Crippen molar-refractivity contribution < 1.29 is 0 Å². The molecule has 0 aromatic carbocycles. The fraction of sp³-hybridized carbons (Fsp3) is 0.545. The Labute approximate surface area is 94.0 Å². The first-order chi connectivity index (χ1) is 7.74. The van der Waals surface area contributed by atoms with Gasteiger partial charge in [0.2, 0.25) is 5.95 Å². The van der Waals surface area contributed by atoms with E-state index in [0.29, 0.717) is 17.8 Å². The molecule has 2 N–H and O–H groups in total. The highest BCUT2D eigenvalue weighted by Crippen LogP contribution is 2.23. The van der Waals surface area contributed by atoms with Crippen LogP contribution in [0.4, 0.5) is 11.8 Å². The minimum atomic E-state index is -0.239. The molecule has 5 heteroatoms. The van der Waals surface area contributed by atoms with Gasteiger partial charge in [0.05, 0.1) is 5.56 Å². The van der Waals surface area contributed by atoms with Crippen molar-refractivity contribution >= 4 is 18.0 Å². The highest BCUT2D eigenvalue weighted by Gasteiger charge is 2.17. The number of aromatic nitrogens is 2. The predicted molar refractivity (Wildman–Crippen MR) is 64.3 cm³/mol. The number of nitrogens with zero attached hydrogens (tertiary/aromatic N) is 3. The van der Waals surface area contributed by atoms with Crippen LogP contribution in [0.5, 0.6) is 0 Å². The third kappa shape index (κ3) is 1.85. The van der Waals surface area contributed by atoms with Crippen LogP contribution in [0.15, 0.2) is 9.79 Å². The summed E-state index contributed by atoms with van der Waals surface area (Å²) in [7, 11) is 0. The van der Waals surface area contributed by atoms with Gasteiger partial charge in [-0.1, -0.05) is 19.8 Å². The van der Waals surface area contributed by atoms with E-state index in [1.807, 2.05) is 4.57 Å². The molecule has 0 radical (unpaired) electrons. The zero-order valence-electron chi connectivity index (χ0n) is 9.44. The van der Waals surface area contributed by atoms with E-state index in [1.165, 1.54) is 0 Å². The fourth-order valence-electron chi connectivity index (χ4n) is 1.89. The molecule has 0 spiro atoms. The number of nitrogen functional groups attached to an aromatic ring is 1. The van der Waals surface area contributed by atoms with E-state index < -0.39 is 0 Å². The van der Waals surface area contributed by atoms with Gasteiger partial charge < -0.3 is 5.73 Å². The largest absolute Gasteiger partial charge is 0.369 e. The maximum atomic E-state index is 11.5. The average molecular weight is 220 g/mol. The first kappa shape index (κ1) is 10.9. The van der Waals surface area contributed by atoms with Crippen LogP contribution in [-0.4, -0.2) is 15.8 Å². The molecule has 2 rings (SSSR count). The van der Waals surface area contributed by atoms with Crippen LogP contribution in [0.25, 0.3) is 0 Å². The summed E-state index contributed by atoms with van der Waals surface area (Å²) in [5.41, 5.74) is 6.19. The Morgan fingerprint density at radius 2 is 2.31 bits per heavy atom. The van der Waals surface area contributed by atoms with Gasteiger partial charge in [-0.25, -0.2) is 4.99 Å². The molecular weight excluding hydrogens is 204 g/mol. The number of hydrogen-bond acceptors (Lipinski definition) is 4. The molecule has 0 fully saturated rings. The predicted octanol–water partition coefficient (Wildman–Crippen LogP) is 1.27. The van der Waals surface area contributed by atoms with Crippen LogP contribution >= 0.6 is 0 Å². The Kier molecular flexibility index (Phi) is 3.03. The molecule has 0 amide bonds. The van der Waals surface area contributed by atoms with Crippen LogP contribution in [0.2, 0.25) is 0 Å². The van der Waals surface area contributed by atoms with E-state index in [1.54, 1.807) is 6.21 Å². The molecule has 5 nitrogen and oxygen atoms in total. The summed E-state index contributed by atoms with van der Waals surface area (Å²) >= 11 is 0. The summed E-state index contributed by atoms with van der Waals surface area (Å²) < 4.78 is 1.84. The Balaban J connectivity index is 2.33. The van der Waals surface area contributed by atoms with Crippen LogP contribution < -0.4 is 11.3 Å². The molecule has 0 saturated carbocycles. The lowest BCUT2D eigenvalue weighted by atomic mass is 10.2. The molecular formula is C11H16N4O. The lowest BCUT2D eigenvalue weighted by Crippen LogP contribution is -2.20. The summed E-state index contributed by atoms with van der Waals surface area (Å²) in [5.74, 6) is 0.979. The fourth-order valence-corrected chi connectivity index (χ4v) is 1.89. The molecule has 0 atom stereocenters. The minimum Gasteiger partial charge on any atom is -0.369 e. The first-order valence-corrected chi connectivity index (χ1v) is 5.65. The van der Waals surface area contributed by atoms with E-state index in [9.17, 15) is 4.79 Å². The molecule has 16 heavy (non-hydrogen) atoms. The zero-order chi connectivity index (χ0) is 11.5. The normalized spacial score (nSPS) is 13.1. The molecule has 0 unspecified atom stereocenters. The highest BCUT2D eigenvalue weighted by atomic mass is 16.1. The highest BCUT2D eigenvalue weighted by molar-refractivity contribution is 5.74. The quantitative estimate of drug-likeness (QED) is 0.777. The van der Waals surface area contributed by atoms with Crippen LogP contribution in [0, 0.1) is 0 Å². The van der Waals surface area contributed by atoms with Crippen molar-refractivity contribution in [3.63, 3.8) is 0 Å². The standard InChI is InChI=1S/C11H16N4O/c1-2-3-4-7-15-9-8(5-6-13-9)10(16)14-11(15)12/h6H,2-5,7H2,1H3,(H2,12,14,16). The van der Waals surface area contributed by atoms with Crippen molar-refractivity contribution in [2.45, 2.75) is 39.2 Å².